The number of hydrogen-bond acceptors (Lipinski definition) is 2. The summed E-state index contributed by atoms with van der Waals surface area (Å²) in [4.78, 5) is 27.9. The van der Waals surface area contributed by atoms with Gasteiger partial charge in [0.2, 0.25) is 0 Å². The molecule has 6 nitrogen and oxygen atoms in total. The van der Waals surface area contributed by atoms with Crippen LogP contribution in [0.2, 0.25) is 0 Å². The van der Waals surface area contributed by atoms with Crippen LogP contribution in [-0.2, 0) is 0 Å². The minimum absolute atomic E-state index is 0.117. The van der Waals surface area contributed by atoms with Gasteiger partial charge < -0.3 is 20.2 Å². The molecule has 1 aromatic carbocycles. The van der Waals surface area contributed by atoms with E-state index in [9.17, 15) is 9.59 Å². The summed E-state index contributed by atoms with van der Waals surface area (Å²) < 4.78 is 0. The topological polar surface area (TPSA) is 106 Å². The van der Waals surface area contributed by atoms with Crippen LogP contribution in [0.15, 0.2) is 12.1 Å². The Morgan fingerprint density at radius 3 is 2.30 bits per heavy atom. The molecule has 0 amide bonds. The van der Waals surface area contributed by atoms with Crippen LogP contribution in [0.4, 0.5) is 0 Å². The molecule has 20 heavy (non-hydrogen) atoms. The number of carboxylic acids is 2. The van der Waals surface area contributed by atoms with Gasteiger partial charge in [-0.25, -0.2) is 9.59 Å². The lowest BCUT2D eigenvalue weighted by atomic mass is 10.0. The van der Waals surface area contributed by atoms with E-state index in [-0.39, 0.29) is 11.4 Å². The van der Waals surface area contributed by atoms with E-state index in [1.165, 1.54) is 0 Å². The van der Waals surface area contributed by atoms with Crippen LogP contribution < -0.4 is 0 Å². The molecule has 0 aliphatic carbocycles. The van der Waals surface area contributed by atoms with E-state index in [0.29, 0.717) is 16.6 Å². The molecule has 0 radical (unpaired) electrons. The van der Waals surface area contributed by atoms with Crippen molar-refractivity contribution in [3.63, 3.8) is 0 Å². The summed E-state index contributed by atoms with van der Waals surface area (Å²) in [6.45, 7) is 3.58. The Bertz CT molecular complexity index is 886. The maximum Gasteiger partial charge on any atom is 0.352 e. The van der Waals surface area contributed by atoms with E-state index >= 15 is 0 Å². The van der Waals surface area contributed by atoms with Crippen LogP contribution in [0, 0.1) is 13.8 Å². The molecule has 0 saturated heterocycles. The van der Waals surface area contributed by atoms with Crippen LogP contribution in [0.25, 0.3) is 21.8 Å². The summed E-state index contributed by atoms with van der Waals surface area (Å²) in [7, 11) is 0. The fraction of sp³-hybridized carbons (Fsp3) is 0.143. The SMILES string of the molecule is Cc1c(C(=O)O)[nH]c2cc3cc(C(=O)O)[nH]c3c(C)c12. The van der Waals surface area contributed by atoms with Gasteiger partial charge >= 0.3 is 11.9 Å². The Labute approximate surface area is 113 Å². The Morgan fingerprint density at radius 2 is 1.70 bits per heavy atom. The zero-order chi connectivity index (χ0) is 14.6. The maximum absolute atomic E-state index is 11.2. The van der Waals surface area contributed by atoms with Gasteiger partial charge in [0.25, 0.3) is 0 Å². The predicted molar refractivity (Wildman–Crippen MR) is 73.5 cm³/mol. The van der Waals surface area contributed by atoms with Crippen LogP contribution in [-0.4, -0.2) is 32.1 Å². The number of aromatic amines is 2. The number of carbonyl (C=O) groups is 2. The van der Waals surface area contributed by atoms with E-state index in [2.05, 4.69) is 9.97 Å². The lowest BCUT2D eigenvalue weighted by molar-refractivity contribution is 0.0680. The van der Waals surface area contributed by atoms with Crippen LogP contribution in [0.1, 0.15) is 32.1 Å². The fourth-order valence-corrected chi connectivity index (χ4v) is 2.71. The van der Waals surface area contributed by atoms with Gasteiger partial charge in [-0.2, -0.15) is 0 Å². The minimum Gasteiger partial charge on any atom is -0.477 e. The average Bonchev–Trinajstić information content (AvgIpc) is 2.92. The quantitative estimate of drug-likeness (QED) is 0.575. The van der Waals surface area contributed by atoms with Crippen molar-refractivity contribution < 1.29 is 19.8 Å². The van der Waals surface area contributed by atoms with Gasteiger partial charge in [-0.05, 0) is 37.1 Å². The van der Waals surface area contributed by atoms with Gasteiger partial charge in [0.05, 0.1) is 0 Å². The van der Waals surface area contributed by atoms with Crippen molar-refractivity contribution in [2.45, 2.75) is 13.8 Å². The molecule has 0 unspecified atom stereocenters. The number of hydrogen-bond donors (Lipinski definition) is 4. The summed E-state index contributed by atoms with van der Waals surface area (Å²) in [6, 6.07) is 3.31. The van der Waals surface area contributed by atoms with E-state index in [0.717, 1.165) is 16.3 Å². The zero-order valence-corrected chi connectivity index (χ0v) is 10.9. The first kappa shape index (κ1) is 12.3. The first-order valence-electron chi connectivity index (χ1n) is 6.01. The number of aryl methyl sites for hydroxylation is 2. The third-order valence-electron chi connectivity index (χ3n) is 3.62. The molecule has 0 bridgehead atoms. The first-order chi connectivity index (χ1) is 9.40. The summed E-state index contributed by atoms with van der Waals surface area (Å²) in [5.41, 5.74) is 3.18. The van der Waals surface area contributed by atoms with Gasteiger partial charge in [-0.3, -0.25) is 0 Å². The van der Waals surface area contributed by atoms with Crippen molar-refractivity contribution in [3.8, 4) is 0 Å². The molecule has 0 fully saturated rings. The lowest BCUT2D eigenvalue weighted by Crippen LogP contribution is -1.98. The second-order valence-corrected chi connectivity index (χ2v) is 4.81. The number of H-pyrrole nitrogens is 2. The Morgan fingerprint density at radius 1 is 1.00 bits per heavy atom. The molecular weight excluding hydrogens is 260 g/mol. The number of carboxylic acid groups (broad SMARTS) is 2. The number of benzene rings is 1. The Hall–Kier alpha value is -2.76. The molecule has 0 spiro atoms. The van der Waals surface area contributed by atoms with Crippen molar-refractivity contribution in [2.24, 2.45) is 0 Å². The molecule has 0 saturated carbocycles. The van der Waals surface area contributed by atoms with Gasteiger partial charge in [-0.1, -0.05) is 0 Å². The van der Waals surface area contributed by atoms with E-state index in [4.69, 9.17) is 10.2 Å². The van der Waals surface area contributed by atoms with Crippen LogP contribution in [0.3, 0.4) is 0 Å². The number of fused-ring (bicyclic) bond motifs is 2. The molecule has 102 valence electrons. The molecule has 0 atom stereocenters. The van der Waals surface area contributed by atoms with Crippen molar-refractivity contribution >= 4 is 33.7 Å². The van der Waals surface area contributed by atoms with Crippen molar-refractivity contribution in [1.82, 2.24) is 9.97 Å². The largest absolute Gasteiger partial charge is 0.477 e. The lowest BCUT2D eigenvalue weighted by Gasteiger charge is -2.00. The predicted octanol–water partition coefficient (Wildman–Crippen LogP) is 2.66. The number of aromatic carboxylic acids is 2. The monoisotopic (exact) mass is 272 g/mol. The third kappa shape index (κ3) is 1.51. The summed E-state index contributed by atoms with van der Waals surface area (Å²) >= 11 is 0. The van der Waals surface area contributed by atoms with Crippen molar-refractivity contribution in [3.05, 3.63) is 34.6 Å². The number of rotatable bonds is 2. The van der Waals surface area contributed by atoms with Crippen molar-refractivity contribution in [2.75, 3.05) is 0 Å². The smallest absolute Gasteiger partial charge is 0.352 e. The fourth-order valence-electron chi connectivity index (χ4n) is 2.71. The molecule has 6 heteroatoms. The van der Waals surface area contributed by atoms with Gasteiger partial charge in [0.1, 0.15) is 11.4 Å². The summed E-state index contributed by atoms with van der Waals surface area (Å²) in [6.07, 6.45) is 0. The molecular formula is C14H12N2O4. The average molecular weight is 272 g/mol. The molecule has 2 aromatic heterocycles. The second-order valence-electron chi connectivity index (χ2n) is 4.81. The van der Waals surface area contributed by atoms with Gasteiger partial charge in [0, 0.05) is 21.8 Å². The van der Waals surface area contributed by atoms with Crippen molar-refractivity contribution in [1.29, 1.82) is 0 Å². The molecule has 2 heterocycles. The molecule has 0 aliphatic rings. The van der Waals surface area contributed by atoms with Crippen LogP contribution in [0.5, 0.6) is 0 Å². The van der Waals surface area contributed by atoms with E-state index in [1.807, 2.05) is 6.92 Å². The third-order valence-corrected chi connectivity index (χ3v) is 3.62. The Kier molecular flexibility index (Phi) is 2.37. The zero-order valence-electron chi connectivity index (χ0n) is 10.9. The minimum atomic E-state index is -1.02. The highest BCUT2D eigenvalue weighted by Crippen LogP contribution is 2.31. The van der Waals surface area contributed by atoms with E-state index in [1.54, 1.807) is 19.1 Å². The maximum atomic E-state index is 11.2. The molecule has 3 rings (SSSR count). The molecule has 0 aliphatic heterocycles. The summed E-state index contributed by atoms with van der Waals surface area (Å²) in [5, 5.41) is 19.7. The molecule has 3 aromatic rings. The van der Waals surface area contributed by atoms with Gasteiger partial charge in [0.15, 0.2) is 0 Å². The highest BCUT2D eigenvalue weighted by atomic mass is 16.4. The molecule has 4 N–H and O–H groups in total. The normalized spacial score (nSPS) is 11.3. The highest BCUT2D eigenvalue weighted by molar-refractivity contribution is 6.07. The summed E-state index contributed by atoms with van der Waals surface area (Å²) in [5.74, 6) is -2.03. The standard InChI is InChI=1S/C14H12N2O4/c1-5-10-6(2)12(14(19)20)15-8(10)3-7-4-9(13(17)18)16-11(5)7/h3-4,15-16H,1-2H3,(H,17,18)(H,19,20). The Balaban J connectivity index is 2.43. The van der Waals surface area contributed by atoms with Gasteiger partial charge in [-0.15, -0.1) is 0 Å². The van der Waals surface area contributed by atoms with Crippen LogP contribution >= 0.6 is 0 Å². The van der Waals surface area contributed by atoms with E-state index < -0.39 is 11.9 Å². The number of nitrogens with one attached hydrogen (secondary N) is 2. The second kappa shape index (κ2) is 3.86. The highest BCUT2D eigenvalue weighted by Gasteiger charge is 2.18. The first-order valence-corrected chi connectivity index (χ1v) is 6.01. The number of aromatic nitrogens is 2.